The van der Waals surface area contributed by atoms with Crippen molar-refractivity contribution in [2.75, 3.05) is 13.2 Å². The summed E-state index contributed by atoms with van der Waals surface area (Å²) in [6.07, 6.45) is 0.354. The normalized spacial score (nSPS) is 11.7. The van der Waals surface area contributed by atoms with Gasteiger partial charge in [-0.15, -0.1) is 0 Å². The summed E-state index contributed by atoms with van der Waals surface area (Å²) in [7, 11) is 0. The van der Waals surface area contributed by atoms with E-state index in [2.05, 4.69) is 5.32 Å². The number of amides is 2. The molecule has 0 aliphatic carbocycles. The van der Waals surface area contributed by atoms with Gasteiger partial charge in [0, 0.05) is 24.5 Å². The largest absolute Gasteiger partial charge is 0.482 e. The van der Waals surface area contributed by atoms with Crippen LogP contribution in [0.4, 0.5) is 0 Å². The van der Waals surface area contributed by atoms with Gasteiger partial charge in [-0.1, -0.05) is 97.7 Å². The lowest BCUT2D eigenvalue weighted by Crippen LogP contribution is -2.52. The van der Waals surface area contributed by atoms with E-state index in [1.807, 2.05) is 62.4 Å². The highest BCUT2D eigenvalue weighted by molar-refractivity contribution is 6.32. The van der Waals surface area contributed by atoms with Gasteiger partial charge in [0.05, 0.1) is 5.02 Å². The number of rotatable bonds is 11. The second kappa shape index (κ2) is 13.2. The fraction of sp³-hybridized carbons (Fsp3) is 0.286. The molecule has 0 heterocycles. The van der Waals surface area contributed by atoms with Gasteiger partial charge in [-0.2, -0.15) is 0 Å². The molecule has 0 aliphatic rings. The first-order valence-electron chi connectivity index (χ1n) is 11.6. The van der Waals surface area contributed by atoms with E-state index in [0.29, 0.717) is 28.8 Å². The van der Waals surface area contributed by atoms with Crippen molar-refractivity contribution in [3.05, 3.63) is 100 Å². The van der Waals surface area contributed by atoms with Crippen molar-refractivity contribution >= 4 is 35.0 Å². The molecule has 0 spiro atoms. The van der Waals surface area contributed by atoms with Crippen molar-refractivity contribution in [1.29, 1.82) is 0 Å². The van der Waals surface area contributed by atoms with Crippen molar-refractivity contribution in [3.63, 3.8) is 0 Å². The Hall–Kier alpha value is -3.02. The number of benzene rings is 3. The van der Waals surface area contributed by atoms with E-state index < -0.39 is 6.04 Å². The molecule has 0 saturated carbocycles. The number of para-hydroxylation sites is 1. The lowest BCUT2D eigenvalue weighted by molar-refractivity contribution is -0.142. The highest BCUT2D eigenvalue weighted by atomic mass is 35.5. The lowest BCUT2D eigenvalue weighted by atomic mass is 10.0. The Bertz CT molecular complexity index is 1120. The van der Waals surface area contributed by atoms with Gasteiger partial charge in [0.1, 0.15) is 11.8 Å². The first-order valence-corrected chi connectivity index (χ1v) is 12.3. The quantitative estimate of drug-likeness (QED) is 0.354. The second-order valence-electron chi connectivity index (χ2n) is 8.68. The Morgan fingerprint density at radius 2 is 1.51 bits per heavy atom. The average molecular weight is 513 g/mol. The zero-order chi connectivity index (χ0) is 25.2. The number of nitrogens with one attached hydrogen (secondary N) is 1. The molecule has 0 aliphatic heterocycles. The highest BCUT2D eigenvalue weighted by Crippen LogP contribution is 2.24. The van der Waals surface area contributed by atoms with Crippen molar-refractivity contribution in [1.82, 2.24) is 10.2 Å². The van der Waals surface area contributed by atoms with Crippen LogP contribution >= 0.6 is 23.2 Å². The molecule has 5 nitrogen and oxygen atoms in total. The summed E-state index contributed by atoms with van der Waals surface area (Å²) in [5.41, 5.74) is 1.69. The van der Waals surface area contributed by atoms with E-state index in [1.165, 1.54) is 0 Å². The molecule has 0 saturated heterocycles. The van der Waals surface area contributed by atoms with E-state index in [1.54, 1.807) is 35.2 Å². The Morgan fingerprint density at radius 1 is 0.886 bits per heavy atom. The van der Waals surface area contributed by atoms with Gasteiger partial charge in [-0.25, -0.2) is 0 Å². The summed E-state index contributed by atoms with van der Waals surface area (Å²) in [4.78, 5) is 28.5. The monoisotopic (exact) mass is 512 g/mol. The van der Waals surface area contributed by atoms with Gasteiger partial charge in [-0.3, -0.25) is 9.59 Å². The number of ether oxygens (including phenoxy) is 1. The zero-order valence-electron chi connectivity index (χ0n) is 19.9. The van der Waals surface area contributed by atoms with Crippen LogP contribution in [0, 0.1) is 5.92 Å². The third kappa shape index (κ3) is 8.01. The Balaban J connectivity index is 1.92. The molecule has 3 rings (SSSR count). The first-order chi connectivity index (χ1) is 16.8. The van der Waals surface area contributed by atoms with Gasteiger partial charge < -0.3 is 15.0 Å². The molecule has 0 radical (unpaired) electrons. The van der Waals surface area contributed by atoms with Crippen LogP contribution in [0.25, 0.3) is 0 Å². The zero-order valence-corrected chi connectivity index (χ0v) is 21.4. The summed E-state index contributed by atoms with van der Waals surface area (Å²) in [5.74, 6) is 0.114. The maximum absolute atomic E-state index is 13.6. The molecule has 184 valence electrons. The lowest BCUT2D eigenvalue weighted by Gasteiger charge is -2.32. The fourth-order valence-corrected chi connectivity index (χ4v) is 3.96. The first kappa shape index (κ1) is 26.6. The van der Waals surface area contributed by atoms with Crippen LogP contribution in [0.15, 0.2) is 78.9 Å². The topological polar surface area (TPSA) is 58.6 Å². The minimum absolute atomic E-state index is 0.164. The van der Waals surface area contributed by atoms with Gasteiger partial charge in [0.15, 0.2) is 6.61 Å². The number of hydrogen-bond acceptors (Lipinski definition) is 3. The number of carbonyl (C=O) groups excluding carboxylic acids is 2. The molecular formula is C28H30Cl2N2O3. The third-order valence-electron chi connectivity index (χ3n) is 5.44. The Kier molecular flexibility index (Phi) is 10.0. The maximum Gasteiger partial charge on any atom is 0.261 e. The summed E-state index contributed by atoms with van der Waals surface area (Å²) in [6.45, 7) is 4.45. The minimum atomic E-state index is -0.755. The van der Waals surface area contributed by atoms with Crippen LogP contribution in [0.2, 0.25) is 10.0 Å². The molecule has 3 aromatic rings. The van der Waals surface area contributed by atoms with Crippen LogP contribution < -0.4 is 10.1 Å². The van der Waals surface area contributed by atoms with Crippen molar-refractivity contribution < 1.29 is 14.3 Å². The van der Waals surface area contributed by atoms with Crippen LogP contribution in [-0.2, 0) is 22.6 Å². The van der Waals surface area contributed by atoms with Crippen molar-refractivity contribution in [3.8, 4) is 5.75 Å². The van der Waals surface area contributed by atoms with Gasteiger partial charge in [0.25, 0.3) is 5.91 Å². The predicted molar refractivity (Wildman–Crippen MR) is 141 cm³/mol. The predicted octanol–water partition coefficient (Wildman–Crippen LogP) is 5.78. The molecule has 3 aromatic carbocycles. The van der Waals surface area contributed by atoms with Gasteiger partial charge >= 0.3 is 0 Å². The number of hydrogen-bond donors (Lipinski definition) is 1. The highest BCUT2D eigenvalue weighted by Gasteiger charge is 2.31. The second-order valence-corrected chi connectivity index (χ2v) is 9.49. The smallest absolute Gasteiger partial charge is 0.261 e. The molecule has 35 heavy (non-hydrogen) atoms. The summed E-state index contributed by atoms with van der Waals surface area (Å²) < 4.78 is 5.74. The molecule has 0 fully saturated rings. The van der Waals surface area contributed by atoms with E-state index in [4.69, 9.17) is 27.9 Å². The molecule has 1 atom stereocenters. The molecule has 2 amide bonds. The van der Waals surface area contributed by atoms with Crippen LogP contribution in [0.5, 0.6) is 5.75 Å². The molecule has 0 aromatic heterocycles. The Morgan fingerprint density at radius 3 is 2.17 bits per heavy atom. The summed E-state index contributed by atoms with van der Waals surface area (Å²) in [6, 6.07) is 23.2. The SMILES string of the molecule is CC(C)CNC(=O)[C@@H](Cc1ccccc1)N(Cc1ccccc1Cl)C(=O)COc1ccccc1Cl. The summed E-state index contributed by atoms with van der Waals surface area (Å²) in [5, 5.41) is 3.93. The van der Waals surface area contributed by atoms with Gasteiger partial charge in [-0.05, 0) is 35.2 Å². The average Bonchev–Trinajstić information content (AvgIpc) is 2.85. The third-order valence-corrected chi connectivity index (χ3v) is 6.12. The van der Waals surface area contributed by atoms with E-state index >= 15 is 0 Å². The molecule has 0 unspecified atom stereocenters. The maximum atomic E-state index is 13.6. The Labute approximate surface area is 217 Å². The fourth-order valence-electron chi connectivity index (χ4n) is 3.57. The standard InChI is InChI=1S/C28H30Cl2N2O3/c1-20(2)17-31-28(34)25(16-21-10-4-3-5-11-21)32(18-22-12-6-7-13-23(22)29)27(33)19-35-26-15-9-8-14-24(26)30/h3-15,20,25H,16-19H2,1-2H3,(H,31,34)/t25-/m1/s1. The summed E-state index contributed by atoms with van der Waals surface area (Å²) >= 11 is 12.6. The van der Waals surface area contributed by atoms with Crippen molar-refractivity contribution in [2.24, 2.45) is 5.92 Å². The van der Waals surface area contributed by atoms with Crippen LogP contribution in [-0.4, -0.2) is 35.9 Å². The molecule has 1 N–H and O–H groups in total. The number of carbonyl (C=O) groups is 2. The van der Waals surface area contributed by atoms with Crippen LogP contribution in [0.3, 0.4) is 0 Å². The van der Waals surface area contributed by atoms with E-state index in [-0.39, 0.29) is 30.9 Å². The molecule has 7 heteroatoms. The van der Waals surface area contributed by atoms with Crippen molar-refractivity contribution in [2.45, 2.75) is 32.9 Å². The minimum Gasteiger partial charge on any atom is -0.482 e. The molecular weight excluding hydrogens is 483 g/mol. The van der Waals surface area contributed by atoms with Gasteiger partial charge in [0.2, 0.25) is 5.91 Å². The van der Waals surface area contributed by atoms with E-state index in [0.717, 1.165) is 11.1 Å². The van der Waals surface area contributed by atoms with E-state index in [9.17, 15) is 9.59 Å². The number of nitrogens with zero attached hydrogens (tertiary/aromatic N) is 1. The van der Waals surface area contributed by atoms with Crippen LogP contribution in [0.1, 0.15) is 25.0 Å². The number of halogens is 2. The molecule has 0 bridgehead atoms.